The van der Waals surface area contributed by atoms with Crippen LogP contribution >= 0.6 is 11.6 Å². The molecule has 0 amide bonds. The number of rotatable bonds is 3. The van der Waals surface area contributed by atoms with Gasteiger partial charge in [-0.2, -0.15) is 19.6 Å². The predicted molar refractivity (Wildman–Crippen MR) is 67.7 cm³/mol. The van der Waals surface area contributed by atoms with Crippen LogP contribution in [0.25, 0.3) is 5.78 Å². The Morgan fingerprint density at radius 2 is 2.22 bits per heavy atom. The molecule has 0 aliphatic heterocycles. The lowest BCUT2D eigenvalue weighted by Crippen LogP contribution is -2.34. The van der Waals surface area contributed by atoms with Crippen LogP contribution in [0.15, 0.2) is 12.4 Å². The summed E-state index contributed by atoms with van der Waals surface area (Å²) in [6.07, 6.45) is 5.24. The van der Waals surface area contributed by atoms with E-state index in [0.717, 1.165) is 25.7 Å². The number of anilines is 1. The van der Waals surface area contributed by atoms with Gasteiger partial charge in [0.1, 0.15) is 17.3 Å². The molecule has 6 nitrogen and oxygen atoms in total. The molecule has 2 aromatic rings. The standard InChI is InChI=1S/C11H14ClN5O/c12-8-5-9(17-10(16-8)14-7-15-17)13-6-11(18)3-1-2-4-11/h5,7,13,18H,1-4,6H2. The van der Waals surface area contributed by atoms with Crippen molar-refractivity contribution >= 4 is 23.2 Å². The van der Waals surface area contributed by atoms with Crippen molar-refractivity contribution in [3.8, 4) is 0 Å². The van der Waals surface area contributed by atoms with Crippen LogP contribution in [0.1, 0.15) is 25.7 Å². The zero-order chi connectivity index (χ0) is 12.6. The topological polar surface area (TPSA) is 75.3 Å². The molecule has 0 unspecified atom stereocenters. The Kier molecular flexibility index (Phi) is 2.83. The highest BCUT2D eigenvalue weighted by Crippen LogP contribution is 2.29. The number of fused-ring (bicyclic) bond motifs is 1. The Labute approximate surface area is 109 Å². The summed E-state index contributed by atoms with van der Waals surface area (Å²) in [4.78, 5) is 8.04. The second-order valence-electron chi connectivity index (χ2n) is 4.72. The van der Waals surface area contributed by atoms with Gasteiger partial charge in [-0.1, -0.05) is 24.4 Å². The van der Waals surface area contributed by atoms with Gasteiger partial charge in [0.2, 0.25) is 0 Å². The summed E-state index contributed by atoms with van der Waals surface area (Å²) in [5.74, 6) is 1.14. The molecule has 18 heavy (non-hydrogen) atoms. The van der Waals surface area contributed by atoms with E-state index in [1.807, 2.05) is 0 Å². The number of hydrogen-bond acceptors (Lipinski definition) is 5. The quantitative estimate of drug-likeness (QED) is 0.824. The third-order valence-corrected chi connectivity index (χ3v) is 3.55. The maximum atomic E-state index is 10.3. The van der Waals surface area contributed by atoms with E-state index >= 15 is 0 Å². The van der Waals surface area contributed by atoms with Gasteiger partial charge in [0.25, 0.3) is 5.78 Å². The van der Waals surface area contributed by atoms with E-state index in [4.69, 9.17) is 11.6 Å². The molecule has 1 aliphatic rings. The van der Waals surface area contributed by atoms with Crippen molar-refractivity contribution in [3.05, 3.63) is 17.5 Å². The largest absolute Gasteiger partial charge is 0.388 e. The summed E-state index contributed by atoms with van der Waals surface area (Å²) in [5.41, 5.74) is -0.622. The molecule has 2 N–H and O–H groups in total. The van der Waals surface area contributed by atoms with Crippen LogP contribution < -0.4 is 5.32 Å². The highest BCUT2D eigenvalue weighted by atomic mass is 35.5. The van der Waals surface area contributed by atoms with Gasteiger partial charge in [0, 0.05) is 12.6 Å². The zero-order valence-electron chi connectivity index (χ0n) is 9.80. The molecule has 2 heterocycles. The fourth-order valence-corrected chi connectivity index (χ4v) is 2.55. The Bertz CT molecular complexity index is 564. The number of aliphatic hydroxyl groups is 1. The minimum Gasteiger partial charge on any atom is -0.388 e. The highest BCUT2D eigenvalue weighted by molar-refractivity contribution is 6.29. The SMILES string of the molecule is OC1(CNc2cc(Cl)nc3ncnn23)CCCC1. The summed E-state index contributed by atoms with van der Waals surface area (Å²) in [6, 6.07) is 1.68. The number of nitrogens with one attached hydrogen (secondary N) is 1. The van der Waals surface area contributed by atoms with Gasteiger partial charge < -0.3 is 10.4 Å². The molecule has 1 aliphatic carbocycles. The second-order valence-corrected chi connectivity index (χ2v) is 5.11. The van der Waals surface area contributed by atoms with Crippen LogP contribution in [0.5, 0.6) is 0 Å². The van der Waals surface area contributed by atoms with E-state index in [1.54, 1.807) is 10.6 Å². The van der Waals surface area contributed by atoms with Crippen molar-refractivity contribution < 1.29 is 5.11 Å². The molecule has 0 saturated heterocycles. The normalized spacial score (nSPS) is 18.3. The molecular weight excluding hydrogens is 254 g/mol. The average molecular weight is 268 g/mol. The van der Waals surface area contributed by atoms with Crippen LogP contribution in [-0.4, -0.2) is 36.8 Å². The minimum atomic E-state index is -0.622. The molecule has 0 bridgehead atoms. The molecule has 1 saturated carbocycles. The number of nitrogens with zero attached hydrogens (tertiary/aromatic N) is 4. The lowest BCUT2D eigenvalue weighted by Gasteiger charge is -2.23. The lowest BCUT2D eigenvalue weighted by atomic mass is 10.0. The summed E-state index contributed by atoms with van der Waals surface area (Å²) >= 11 is 5.92. The molecule has 96 valence electrons. The van der Waals surface area contributed by atoms with Crippen LogP contribution in [-0.2, 0) is 0 Å². The summed E-state index contributed by atoms with van der Waals surface area (Å²) < 4.78 is 1.57. The van der Waals surface area contributed by atoms with Gasteiger partial charge in [-0.15, -0.1) is 0 Å². The van der Waals surface area contributed by atoms with Crippen LogP contribution in [0, 0.1) is 0 Å². The maximum Gasteiger partial charge on any atom is 0.255 e. The van der Waals surface area contributed by atoms with Crippen molar-refractivity contribution in [1.82, 2.24) is 19.6 Å². The van der Waals surface area contributed by atoms with Gasteiger partial charge in [-0.3, -0.25) is 0 Å². The van der Waals surface area contributed by atoms with Gasteiger partial charge in [-0.05, 0) is 12.8 Å². The van der Waals surface area contributed by atoms with E-state index in [-0.39, 0.29) is 0 Å². The van der Waals surface area contributed by atoms with Crippen molar-refractivity contribution in [2.45, 2.75) is 31.3 Å². The Morgan fingerprint density at radius 1 is 1.44 bits per heavy atom. The maximum absolute atomic E-state index is 10.3. The van der Waals surface area contributed by atoms with Crippen molar-refractivity contribution in [3.63, 3.8) is 0 Å². The predicted octanol–water partition coefficient (Wildman–Crippen LogP) is 1.49. The smallest absolute Gasteiger partial charge is 0.255 e. The van der Waals surface area contributed by atoms with Crippen LogP contribution in [0.4, 0.5) is 5.82 Å². The third-order valence-electron chi connectivity index (χ3n) is 3.35. The lowest BCUT2D eigenvalue weighted by molar-refractivity contribution is 0.0613. The second kappa shape index (κ2) is 4.37. The van der Waals surface area contributed by atoms with Gasteiger partial charge in [-0.25, -0.2) is 0 Å². The summed E-state index contributed by atoms with van der Waals surface area (Å²) in [7, 11) is 0. The molecule has 7 heteroatoms. The summed E-state index contributed by atoms with van der Waals surface area (Å²) in [6.45, 7) is 0.488. The Hall–Kier alpha value is -1.40. The third kappa shape index (κ3) is 2.13. The number of hydrogen-bond donors (Lipinski definition) is 2. The fraction of sp³-hybridized carbons (Fsp3) is 0.545. The first-order valence-electron chi connectivity index (χ1n) is 5.99. The number of halogens is 1. The van der Waals surface area contributed by atoms with E-state index < -0.39 is 5.60 Å². The van der Waals surface area contributed by atoms with E-state index in [1.165, 1.54) is 6.33 Å². The van der Waals surface area contributed by atoms with E-state index in [0.29, 0.717) is 23.3 Å². The van der Waals surface area contributed by atoms with E-state index in [9.17, 15) is 5.11 Å². The summed E-state index contributed by atoms with van der Waals surface area (Å²) in [5, 5.41) is 17.9. The molecular formula is C11H14ClN5O. The van der Waals surface area contributed by atoms with Crippen LogP contribution in [0.3, 0.4) is 0 Å². The van der Waals surface area contributed by atoms with E-state index in [2.05, 4.69) is 20.4 Å². The first-order valence-corrected chi connectivity index (χ1v) is 6.37. The molecule has 0 atom stereocenters. The zero-order valence-corrected chi connectivity index (χ0v) is 10.6. The van der Waals surface area contributed by atoms with Crippen molar-refractivity contribution in [2.24, 2.45) is 0 Å². The number of aromatic nitrogens is 4. The van der Waals surface area contributed by atoms with Gasteiger partial charge in [0.05, 0.1) is 5.60 Å². The molecule has 0 aromatic carbocycles. The molecule has 1 fully saturated rings. The first kappa shape index (κ1) is 11.7. The van der Waals surface area contributed by atoms with Crippen molar-refractivity contribution in [2.75, 3.05) is 11.9 Å². The fourth-order valence-electron chi connectivity index (χ4n) is 2.37. The molecule has 0 spiro atoms. The van der Waals surface area contributed by atoms with Crippen molar-refractivity contribution in [1.29, 1.82) is 0 Å². The highest BCUT2D eigenvalue weighted by Gasteiger charge is 2.30. The minimum absolute atomic E-state index is 0.358. The first-order chi connectivity index (χ1) is 8.66. The molecule has 3 rings (SSSR count). The monoisotopic (exact) mass is 267 g/mol. The van der Waals surface area contributed by atoms with Gasteiger partial charge >= 0.3 is 0 Å². The average Bonchev–Trinajstić information content (AvgIpc) is 2.95. The Morgan fingerprint density at radius 3 is 3.00 bits per heavy atom. The Balaban J connectivity index is 1.83. The van der Waals surface area contributed by atoms with Crippen LogP contribution in [0.2, 0.25) is 5.15 Å². The molecule has 2 aromatic heterocycles. The van der Waals surface area contributed by atoms with Gasteiger partial charge in [0.15, 0.2) is 0 Å². The molecule has 0 radical (unpaired) electrons.